The van der Waals surface area contributed by atoms with Gasteiger partial charge in [0.15, 0.2) is 5.78 Å². The number of methoxy groups -OCH3 is 1. The lowest BCUT2D eigenvalue weighted by Crippen LogP contribution is -2.29. The number of benzene rings is 2. The number of para-hydroxylation sites is 1. The zero-order valence-corrected chi connectivity index (χ0v) is 21.4. The van der Waals surface area contributed by atoms with Crippen molar-refractivity contribution in [1.82, 2.24) is 19.4 Å². The zero-order chi connectivity index (χ0) is 25.8. The lowest BCUT2D eigenvalue weighted by Gasteiger charge is -2.25. The van der Waals surface area contributed by atoms with Crippen LogP contribution in [0.4, 0.5) is 17.3 Å². The van der Waals surface area contributed by atoms with Crippen LogP contribution in [-0.2, 0) is 7.05 Å². The summed E-state index contributed by atoms with van der Waals surface area (Å²) < 4.78 is 7.77. The van der Waals surface area contributed by atoms with Crippen molar-refractivity contribution in [3.63, 3.8) is 0 Å². The van der Waals surface area contributed by atoms with E-state index < -0.39 is 0 Å². The third kappa shape index (κ3) is 5.08. The molecular weight excluding hydrogens is 452 g/mol. The third-order valence-electron chi connectivity index (χ3n) is 6.14. The van der Waals surface area contributed by atoms with E-state index in [9.17, 15) is 4.79 Å². The number of ether oxygens (including phenoxy) is 1. The summed E-state index contributed by atoms with van der Waals surface area (Å²) in [7, 11) is 9.62. The van der Waals surface area contributed by atoms with Crippen LogP contribution in [0, 0.1) is 0 Å². The molecule has 0 bridgehead atoms. The Balaban J connectivity index is 1.72. The Morgan fingerprint density at radius 1 is 1.17 bits per heavy atom. The van der Waals surface area contributed by atoms with Gasteiger partial charge in [-0.15, -0.1) is 0 Å². The lowest BCUT2D eigenvalue weighted by atomic mass is 10.1. The average molecular weight is 485 g/mol. The molecule has 2 aromatic carbocycles. The van der Waals surface area contributed by atoms with Crippen LogP contribution < -0.4 is 15.0 Å². The van der Waals surface area contributed by atoms with Crippen LogP contribution in [0.5, 0.6) is 5.75 Å². The number of aryl methyl sites for hydroxylation is 1. The van der Waals surface area contributed by atoms with E-state index in [0.29, 0.717) is 22.9 Å². The van der Waals surface area contributed by atoms with E-state index in [-0.39, 0.29) is 5.78 Å². The summed E-state index contributed by atoms with van der Waals surface area (Å²) in [5.41, 5.74) is 4.84. The third-order valence-corrected chi connectivity index (χ3v) is 6.14. The van der Waals surface area contributed by atoms with Crippen LogP contribution in [0.1, 0.15) is 10.4 Å². The van der Waals surface area contributed by atoms with E-state index in [0.717, 1.165) is 40.9 Å². The van der Waals surface area contributed by atoms with Gasteiger partial charge >= 0.3 is 0 Å². The number of rotatable bonds is 10. The second-order valence-corrected chi connectivity index (χ2v) is 8.92. The Morgan fingerprint density at radius 2 is 1.94 bits per heavy atom. The smallest absolute Gasteiger partial charge is 0.227 e. The van der Waals surface area contributed by atoms with Crippen molar-refractivity contribution in [1.29, 1.82) is 0 Å². The number of ketones is 1. The van der Waals surface area contributed by atoms with Crippen LogP contribution in [0.3, 0.4) is 0 Å². The van der Waals surface area contributed by atoms with E-state index in [1.165, 1.54) is 6.08 Å². The fourth-order valence-electron chi connectivity index (χ4n) is 4.16. The highest BCUT2D eigenvalue weighted by Crippen LogP contribution is 2.36. The van der Waals surface area contributed by atoms with Crippen molar-refractivity contribution in [3.05, 3.63) is 73.1 Å². The van der Waals surface area contributed by atoms with E-state index >= 15 is 0 Å². The highest BCUT2D eigenvalue weighted by atomic mass is 16.5. The Kier molecular flexibility index (Phi) is 7.36. The number of aromatic nitrogens is 3. The first-order valence-electron chi connectivity index (χ1n) is 11.7. The maximum Gasteiger partial charge on any atom is 0.227 e. The van der Waals surface area contributed by atoms with Crippen LogP contribution in [-0.4, -0.2) is 66.6 Å². The molecule has 0 radical (unpaired) electrons. The number of nitrogens with one attached hydrogen (secondary N) is 1. The number of fused-ring (bicyclic) bond motifs is 1. The Hall–Kier alpha value is -4.17. The molecule has 36 heavy (non-hydrogen) atoms. The molecule has 0 atom stereocenters. The van der Waals surface area contributed by atoms with Gasteiger partial charge in [0.2, 0.25) is 5.95 Å². The van der Waals surface area contributed by atoms with Crippen LogP contribution in [0.25, 0.3) is 22.2 Å². The number of anilines is 3. The number of nitrogens with zero attached hydrogens (tertiary/aromatic N) is 5. The summed E-state index contributed by atoms with van der Waals surface area (Å²) >= 11 is 0. The molecular formula is C28H32N6O2. The zero-order valence-electron chi connectivity index (χ0n) is 21.4. The highest BCUT2D eigenvalue weighted by molar-refractivity contribution is 6.09. The van der Waals surface area contributed by atoms with Gasteiger partial charge in [-0.3, -0.25) is 4.79 Å². The van der Waals surface area contributed by atoms with Gasteiger partial charge in [0.1, 0.15) is 5.75 Å². The fraction of sp³-hybridized carbons (Fsp3) is 0.250. The van der Waals surface area contributed by atoms with Gasteiger partial charge in [-0.1, -0.05) is 24.8 Å². The topological polar surface area (TPSA) is 75.5 Å². The van der Waals surface area contributed by atoms with Gasteiger partial charge in [0.05, 0.1) is 24.2 Å². The minimum absolute atomic E-state index is 0.169. The molecule has 0 amide bonds. The van der Waals surface area contributed by atoms with Crippen molar-refractivity contribution < 1.29 is 9.53 Å². The standard InChI is InChI=1S/C28H32N6O2/c1-7-26(35)20-16-23(27(36-6)17-25(20)33(4)15-14-32(2)3)31-28-29-13-12-22(30-28)21-18-34(5)24-11-9-8-10-19(21)24/h7-13,16-18H,1,14-15H2,2-6H3,(H,29,30,31). The SMILES string of the molecule is C=CC(=O)c1cc(Nc2nccc(-c3cn(C)c4ccccc34)n2)c(OC)cc1N(C)CCN(C)C. The summed E-state index contributed by atoms with van der Waals surface area (Å²) in [5.74, 6) is 0.823. The number of hydrogen-bond acceptors (Lipinski definition) is 7. The maximum atomic E-state index is 12.8. The number of carbonyl (C=O) groups is 1. The van der Waals surface area contributed by atoms with E-state index in [1.807, 2.05) is 57.4 Å². The first-order valence-corrected chi connectivity index (χ1v) is 11.7. The number of allylic oxidation sites excluding steroid dienone is 1. The minimum atomic E-state index is -0.169. The van der Waals surface area contributed by atoms with Gasteiger partial charge in [0, 0.05) is 67.7 Å². The predicted octanol–water partition coefficient (Wildman–Crippen LogP) is 4.75. The number of carbonyl (C=O) groups excluding carboxylic acids is 1. The molecule has 0 unspecified atom stereocenters. The summed E-state index contributed by atoms with van der Waals surface area (Å²) in [6.45, 7) is 5.27. The van der Waals surface area contributed by atoms with Crippen molar-refractivity contribution >= 4 is 34.0 Å². The largest absolute Gasteiger partial charge is 0.494 e. The summed E-state index contributed by atoms with van der Waals surface area (Å²) in [5, 5.41) is 4.37. The van der Waals surface area contributed by atoms with Crippen molar-refractivity contribution in [2.45, 2.75) is 0 Å². The van der Waals surface area contributed by atoms with Gasteiger partial charge in [0.25, 0.3) is 0 Å². The number of hydrogen-bond donors (Lipinski definition) is 1. The van der Waals surface area contributed by atoms with Crippen LogP contribution >= 0.6 is 0 Å². The van der Waals surface area contributed by atoms with Gasteiger partial charge in [-0.2, -0.15) is 0 Å². The normalized spacial score (nSPS) is 11.1. The second-order valence-electron chi connectivity index (χ2n) is 8.92. The van der Waals surface area contributed by atoms with Crippen LogP contribution in [0.2, 0.25) is 0 Å². The highest BCUT2D eigenvalue weighted by Gasteiger charge is 2.19. The maximum absolute atomic E-state index is 12.8. The Bertz CT molecular complexity index is 1410. The van der Waals surface area contributed by atoms with Crippen molar-refractivity contribution in [2.75, 3.05) is 51.6 Å². The molecule has 0 saturated heterocycles. The monoisotopic (exact) mass is 484 g/mol. The van der Waals surface area contributed by atoms with Crippen molar-refractivity contribution in [3.8, 4) is 17.0 Å². The molecule has 4 aromatic rings. The first kappa shape index (κ1) is 24.9. The Morgan fingerprint density at radius 3 is 2.67 bits per heavy atom. The van der Waals surface area contributed by atoms with Crippen molar-refractivity contribution in [2.24, 2.45) is 7.05 Å². The number of likely N-dealkylation sites (N-methyl/N-ethyl adjacent to an activating group) is 2. The molecule has 4 rings (SSSR count). The Labute approximate surface area is 211 Å². The summed E-state index contributed by atoms with van der Waals surface area (Å²) in [6, 6.07) is 13.7. The lowest BCUT2D eigenvalue weighted by molar-refractivity contribution is 0.104. The first-order chi connectivity index (χ1) is 17.3. The van der Waals surface area contributed by atoms with Crippen LogP contribution in [0.15, 0.2) is 67.5 Å². The quantitative estimate of drug-likeness (QED) is 0.257. The van der Waals surface area contributed by atoms with E-state index in [2.05, 4.69) is 44.7 Å². The van der Waals surface area contributed by atoms with E-state index in [4.69, 9.17) is 9.72 Å². The molecule has 2 heterocycles. The molecule has 1 N–H and O–H groups in total. The molecule has 8 nitrogen and oxygen atoms in total. The van der Waals surface area contributed by atoms with Gasteiger partial charge in [-0.05, 0) is 38.4 Å². The summed E-state index contributed by atoms with van der Waals surface area (Å²) in [6.07, 6.45) is 5.11. The molecule has 2 aromatic heterocycles. The molecule has 8 heteroatoms. The molecule has 0 aliphatic rings. The molecule has 0 saturated carbocycles. The predicted molar refractivity (Wildman–Crippen MR) is 147 cm³/mol. The van der Waals surface area contributed by atoms with Gasteiger partial charge in [-0.25, -0.2) is 9.97 Å². The molecule has 0 fully saturated rings. The molecule has 0 aliphatic carbocycles. The molecule has 0 spiro atoms. The fourth-order valence-corrected chi connectivity index (χ4v) is 4.16. The molecule has 0 aliphatic heterocycles. The average Bonchev–Trinajstić information content (AvgIpc) is 3.23. The van der Waals surface area contributed by atoms with E-state index in [1.54, 1.807) is 19.4 Å². The minimum Gasteiger partial charge on any atom is -0.494 e. The molecule has 186 valence electrons. The summed E-state index contributed by atoms with van der Waals surface area (Å²) in [4.78, 5) is 26.1. The van der Waals surface area contributed by atoms with Gasteiger partial charge < -0.3 is 24.4 Å². The second kappa shape index (κ2) is 10.6.